The van der Waals surface area contributed by atoms with Gasteiger partial charge in [-0.25, -0.2) is 18.2 Å². The van der Waals surface area contributed by atoms with Crippen molar-refractivity contribution in [2.45, 2.75) is 11.5 Å². The molecule has 0 unspecified atom stereocenters. The Hall–Kier alpha value is -2.38. The van der Waals surface area contributed by atoms with E-state index in [0.717, 1.165) is 6.26 Å². The number of aromatic nitrogens is 2. The summed E-state index contributed by atoms with van der Waals surface area (Å²) in [4.78, 5) is 16.5. The number of fused-ring (bicyclic) bond motifs is 1. The summed E-state index contributed by atoms with van der Waals surface area (Å²) in [5.74, 6) is -0.717. The van der Waals surface area contributed by atoms with Crippen molar-refractivity contribution in [2.24, 2.45) is 0 Å². The molecule has 0 atom stereocenters. The maximum atomic E-state index is 12.2. The van der Waals surface area contributed by atoms with Crippen molar-refractivity contribution in [3.05, 3.63) is 65.1 Å². The molecular formula is C16H13ClN2O4S. The van der Waals surface area contributed by atoms with Crippen molar-refractivity contribution in [2.75, 3.05) is 6.26 Å². The second-order valence-electron chi connectivity index (χ2n) is 5.19. The zero-order valence-corrected chi connectivity index (χ0v) is 14.2. The van der Waals surface area contributed by atoms with Gasteiger partial charge >= 0.3 is 5.97 Å². The first kappa shape index (κ1) is 16.5. The lowest BCUT2D eigenvalue weighted by Gasteiger charge is -2.07. The number of pyridine rings is 1. The molecule has 0 N–H and O–H groups in total. The first-order valence-corrected chi connectivity index (χ1v) is 9.21. The maximum absolute atomic E-state index is 12.2. The van der Waals surface area contributed by atoms with E-state index in [1.807, 2.05) is 0 Å². The topological polar surface area (TPSA) is 77.7 Å². The van der Waals surface area contributed by atoms with Crippen LogP contribution in [-0.2, 0) is 21.2 Å². The van der Waals surface area contributed by atoms with Gasteiger partial charge in [0.2, 0.25) is 0 Å². The molecule has 24 heavy (non-hydrogen) atoms. The first-order chi connectivity index (χ1) is 11.3. The van der Waals surface area contributed by atoms with E-state index < -0.39 is 15.8 Å². The third-order valence-corrected chi connectivity index (χ3v) is 4.70. The Morgan fingerprint density at radius 2 is 1.96 bits per heavy atom. The van der Waals surface area contributed by atoms with Gasteiger partial charge in [0.05, 0.1) is 21.2 Å². The summed E-state index contributed by atoms with van der Waals surface area (Å²) in [5, 5.41) is 0.561. The normalized spacial score (nSPS) is 11.6. The van der Waals surface area contributed by atoms with Crippen molar-refractivity contribution in [1.29, 1.82) is 0 Å². The SMILES string of the molecule is CS(=O)(=O)c1ccccc1C(=O)OCc1cn2cc(Cl)ccc2n1. The predicted octanol–water partition coefficient (Wildman–Crippen LogP) is 2.75. The lowest BCUT2D eigenvalue weighted by Crippen LogP contribution is -2.11. The van der Waals surface area contributed by atoms with Gasteiger partial charge < -0.3 is 9.14 Å². The molecule has 6 nitrogen and oxygen atoms in total. The smallest absolute Gasteiger partial charge is 0.339 e. The molecule has 2 heterocycles. The van der Waals surface area contributed by atoms with Crippen molar-refractivity contribution in [3.8, 4) is 0 Å². The van der Waals surface area contributed by atoms with E-state index in [2.05, 4.69) is 4.98 Å². The van der Waals surface area contributed by atoms with E-state index in [9.17, 15) is 13.2 Å². The summed E-state index contributed by atoms with van der Waals surface area (Å²) in [5.41, 5.74) is 1.20. The molecule has 8 heteroatoms. The van der Waals surface area contributed by atoms with Crippen LogP contribution in [0.4, 0.5) is 0 Å². The van der Waals surface area contributed by atoms with Crippen LogP contribution >= 0.6 is 11.6 Å². The largest absolute Gasteiger partial charge is 0.455 e. The average Bonchev–Trinajstić information content (AvgIpc) is 2.93. The molecule has 2 aromatic heterocycles. The van der Waals surface area contributed by atoms with Gasteiger partial charge in [0.15, 0.2) is 9.84 Å². The van der Waals surface area contributed by atoms with Crippen molar-refractivity contribution >= 4 is 33.1 Å². The Morgan fingerprint density at radius 3 is 2.71 bits per heavy atom. The van der Waals surface area contributed by atoms with Gasteiger partial charge in [-0.3, -0.25) is 0 Å². The molecule has 0 aliphatic rings. The molecule has 3 aromatic rings. The fraction of sp³-hybridized carbons (Fsp3) is 0.125. The van der Waals surface area contributed by atoms with Crippen LogP contribution in [-0.4, -0.2) is 30.0 Å². The minimum absolute atomic E-state index is 0.00630. The third kappa shape index (κ3) is 3.42. The number of benzene rings is 1. The zero-order valence-electron chi connectivity index (χ0n) is 12.6. The summed E-state index contributed by atoms with van der Waals surface area (Å²) in [6.45, 7) is -0.0732. The molecule has 0 saturated carbocycles. The fourth-order valence-corrected chi connectivity index (χ4v) is 3.31. The highest BCUT2D eigenvalue weighted by Gasteiger charge is 2.19. The van der Waals surface area contributed by atoms with Crippen LogP contribution in [0.5, 0.6) is 0 Å². The summed E-state index contributed by atoms with van der Waals surface area (Å²) in [7, 11) is -3.52. The fourth-order valence-electron chi connectivity index (χ4n) is 2.26. The monoisotopic (exact) mass is 364 g/mol. The molecule has 0 fully saturated rings. The predicted molar refractivity (Wildman–Crippen MR) is 88.9 cm³/mol. The highest BCUT2D eigenvalue weighted by Crippen LogP contribution is 2.17. The molecule has 3 rings (SSSR count). The average molecular weight is 365 g/mol. The van der Waals surface area contributed by atoms with Gasteiger partial charge in [-0.1, -0.05) is 23.7 Å². The second kappa shape index (κ2) is 6.26. The van der Waals surface area contributed by atoms with E-state index in [4.69, 9.17) is 16.3 Å². The summed E-state index contributed by atoms with van der Waals surface area (Å²) < 4.78 is 30.4. The number of imidazole rings is 1. The number of hydrogen-bond donors (Lipinski definition) is 0. The molecule has 0 bridgehead atoms. The summed E-state index contributed by atoms with van der Waals surface area (Å²) in [6, 6.07) is 9.38. The van der Waals surface area contributed by atoms with Crippen molar-refractivity contribution in [3.63, 3.8) is 0 Å². The molecule has 0 aliphatic carbocycles. The van der Waals surface area contributed by atoms with Gasteiger partial charge in [-0.2, -0.15) is 0 Å². The third-order valence-electron chi connectivity index (χ3n) is 3.32. The Labute approximate surface area is 143 Å². The molecule has 0 saturated heterocycles. The number of esters is 1. The summed E-state index contributed by atoms with van der Waals surface area (Å²) >= 11 is 5.90. The molecule has 1 aromatic carbocycles. The van der Waals surface area contributed by atoms with Gasteiger partial charge in [0.1, 0.15) is 12.3 Å². The van der Waals surface area contributed by atoms with Gasteiger partial charge in [0, 0.05) is 18.6 Å². The molecule has 0 amide bonds. The number of sulfone groups is 1. The molecule has 0 aliphatic heterocycles. The number of hydrogen-bond acceptors (Lipinski definition) is 5. The van der Waals surface area contributed by atoms with E-state index in [-0.39, 0.29) is 17.1 Å². The van der Waals surface area contributed by atoms with Crippen LogP contribution in [0.2, 0.25) is 5.02 Å². The number of rotatable bonds is 4. The number of ether oxygens (including phenoxy) is 1. The van der Waals surface area contributed by atoms with Crippen LogP contribution in [0.25, 0.3) is 5.65 Å². The van der Waals surface area contributed by atoms with Crippen molar-refractivity contribution in [1.82, 2.24) is 9.38 Å². The minimum atomic E-state index is -3.52. The van der Waals surface area contributed by atoms with Crippen LogP contribution in [0.3, 0.4) is 0 Å². The Bertz CT molecular complexity index is 1030. The quantitative estimate of drug-likeness (QED) is 0.665. The minimum Gasteiger partial charge on any atom is -0.455 e. The van der Waals surface area contributed by atoms with E-state index >= 15 is 0 Å². The molecule has 0 spiro atoms. The lowest BCUT2D eigenvalue weighted by atomic mass is 10.2. The molecule has 0 radical (unpaired) electrons. The van der Waals surface area contributed by atoms with E-state index in [1.54, 1.807) is 41.1 Å². The van der Waals surface area contributed by atoms with Crippen LogP contribution in [0, 0.1) is 0 Å². The van der Waals surface area contributed by atoms with Gasteiger partial charge in [-0.05, 0) is 24.3 Å². The van der Waals surface area contributed by atoms with Gasteiger partial charge in [-0.15, -0.1) is 0 Å². The van der Waals surface area contributed by atoms with E-state index in [0.29, 0.717) is 16.4 Å². The Morgan fingerprint density at radius 1 is 1.21 bits per heavy atom. The number of nitrogens with zero attached hydrogens (tertiary/aromatic N) is 2. The van der Waals surface area contributed by atoms with Crippen LogP contribution < -0.4 is 0 Å². The van der Waals surface area contributed by atoms with E-state index in [1.165, 1.54) is 12.1 Å². The van der Waals surface area contributed by atoms with Crippen molar-refractivity contribution < 1.29 is 17.9 Å². The highest BCUT2D eigenvalue weighted by atomic mass is 35.5. The summed E-state index contributed by atoms with van der Waals surface area (Å²) in [6.07, 6.45) is 4.43. The Balaban J connectivity index is 1.80. The standard InChI is InChI=1S/C16H13ClN2O4S/c1-24(21,22)14-5-3-2-4-13(14)16(20)23-10-12-9-19-8-11(17)6-7-15(19)18-12/h2-9H,10H2,1H3. The number of carbonyl (C=O) groups is 1. The Kier molecular flexibility index (Phi) is 4.29. The number of carbonyl (C=O) groups excluding carboxylic acids is 1. The maximum Gasteiger partial charge on any atom is 0.339 e. The number of halogens is 1. The van der Waals surface area contributed by atoms with Crippen LogP contribution in [0.1, 0.15) is 16.1 Å². The second-order valence-corrected chi connectivity index (χ2v) is 7.61. The molecule has 124 valence electrons. The highest BCUT2D eigenvalue weighted by molar-refractivity contribution is 7.90. The lowest BCUT2D eigenvalue weighted by molar-refractivity contribution is 0.0463. The van der Waals surface area contributed by atoms with Crippen LogP contribution in [0.15, 0.2) is 53.7 Å². The molecular weight excluding hydrogens is 352 g/mol. The van der Waals surface area contributed by atoms with Gasteiger partial charge in [0.25, 0.3) is 0 Å². The first-order valence-electron chi connectivity index (χ1n) is 6.94. The zero-order chi connectivity index (χ0) is 17.3.